The van der Waals surface area contributed by atoms with E-state index in [0.717, 1.165) is 16.0 Å². The molecular weight excluding hydrogens is 375 g/mol. The predicted molar refractivity (Wildman–Crippen MR) is 114 cm³/mol. The van der Waals surface area contributed by atoms with Gasteiger partial charge in [0.1, 0.15) is 5.82 Å². The number of hydrogen-bond acceptors (Lipinski definition) is 4. The molecule has 0 unspecified atom stereocenters. The number of benzene rings is 2. The summed E-state index contributed by atoms with van der Waals surface area (Å²) in [6.45, 7) is 3.23. The largest absolute Gasteiger partial charge is 0.380 e. The number of amides is 1. The molecule has 0 saturated carbocycles. The van der Waals surface area contributed by atoms with Crippen LogP contribution in [0.5, 0.6) is 0 Å². The number of fused-ring (bicyclic) bond motifs is 1. The number of methoxy groups -OCH3 is 1. The molecule has 3 aromatic rings. The monoisotopic (exact) mass is 400 g/mol. The lowest BCUT2D eigenvalue weighted by Gasteiger charge is -2.21. The minimum absolute atomic E-state index is 0.0909. The summed E-state index contributed by atoms with van der Waals surface area (Å²) in [4.78, 5) is 17.7. The summed E-state index contributed by atoms with van der Waals surface area (Å²) < 4.78 is 20.4. The van der Waals surface area contributed by atoms with Crippen molar-refractivity contribution >= 4 is 33.0 Å². The van der Waals surface area contributed by atoms with E-state index < -0.39 is 0 Å². The number of ether oxygens (including phenoxy) is 1. The third-order valence-corrected chi connectivity index (χ3v) is 5.93. The van der Waals surface area contributed by atoms with Crippen molar-refractivity contribution in [2.24, 2.45) is 0 Å². The van der Waals surface area contributed by atoms with Gasteiger partial charge in [-0.3, -0.25) is 4.79 Å². The van der Waals surface area contributed by atoms with E-state index in [4.69, 9.17) is 4.74 Å². The van der Waals surface area contributed by atoms with Gasteiger partial charge in [0.15, 0.2) is 0 Å². The summed E-state index contributed by atoms with van der Waals surface area (Å²) in [6.07, 6.45) is 0. The quantitative estimate of drug-likeness (QED) is 0.565. The van der Waals surface area contributed by atoms with Crippen LogP contribution in [0.15, 0.2) is 42.5 Å². The van der Waals surface area contributed by atoms with Gasteiger partial charge in [-0.15, -0.1) is 11.3 Å². The number of anilines is 1. The zero-order chi connectivity index (χ0) is 20.3. The maximum atomic E-state index is 14.4. The van der Waals surface area contributed by atoms with Gasteiger partial charge in [-0.1, -0.05) is 18.2 Å². The second kappa shape index (κ2) is 8.71. The minimum Gasteiger partial charge on any atom is -0.380 e. The fourth-order valence-corrected chi connectivity index (χ4v) is 4.40. The van der Waals surface area contributed by atoms with Crippen LogP contribution < -0.4 is 4.90 Å². The molecule has 6 heteroatoms. The first-order valence-corrected chi connectivity index (χ1v) is 10.0. The zero-order valence-corrected chi connectivity index (χ0v) is 17.5. The highest BCUT2D eigenvalue weighted by Crippen LogP contribution is 2.34. The molecule has 3 rings (SSSR count). The molecule has 4 nitrogen and oxygen atoms in total. The number of hydrogen-bond donors (Lipinski definition) is 0. The van der Waals surface area contributed by atoms with Crippen LogP contribution in [0.2, 0.25) is 0 Å². The van der Waals surface area contributed by atoms with Gasteiger partial charge in [0.05, 0.1) is 11.5 Å². The number of nitrogens with zero attached hydrogens (tertiary/aromatic N) is 2. The number of carbonyl (C=O) groups excluding carboxylic acids is 1. The molecule has 0 aliphatic carbocycles. The van der Waals surface area contributed by atoms with E-state index in [0.29, 0.717) is 28.9 Å². The highest BCUT2D eigenvalue weighted by molar-refractivity contribution is 7.21. The molecule has 1 heterocycles. The zero-order valence-electron chi connectivity index (χ0n) is 16.7. The highest BCUT2D eigenvalue weighted by Gasteiger charge is 2.24. The predicted octanol–water partition coefficient (Wildman–Crippen LogP) is 4.92. The lowest BCUT2D eigenvalue weighted by Crippen LogP contribution is -2.30. The molecule has 0 atom stereocenters. The average molecular weight is 401 g/mol. The van der Waals surface area contributed by atoms with E-state index in [1.165, 1.54) is 17.4 Å². The molecule has 0 fully saturated rings. The van der Waals surface area contributed by atoms with Crippen LogP contribution >= 0.6 is 11.3 Å². The van der Waals surface area contributed by atoms with Gasteiger partial charge in [-0.25, -0.2) is 4.39 Å². The van der Waals surface area contributed by atoms with E-state index in [1.54, 1.807) is 18.1 Å². The summed E-state index contributed by atoms with van der Waals surface area (Å²) >= 11 is 1.33. The lowest BCUT2D eigenvalue weighted by atomic mass is 10.1. The van der Waals surface area contributed by atoms with E-state index in [2.05, 4.69) is 0 Å². The summed E-state index contributed by atoms with van der Waals surface area (Å²) in [5.74, 6) is -0.408. The lowest BCUT2D eigenvalue weighted by molar-refractivity contribution is 0.0753. The van der Waals surface area contributed by atoms with Crippen molar-refractivity contribution in [1.29, 1.82) is 0 Å². The molecule has 2 aromatic carbocycles. The summed E-state index contributed by atoms with van der Waals surface area (Å²) in [6, 6.07) is 13.1. The van der Waals surface area contributed by atoms with Crippen LogP contribution in [0, 0.1) is 5.82 Å². The van der Waals surface area contributed by atoms with Gasteiger partial charge in [0, 0.05) is 55.6 Å². The van der Waals surface area contributed by atoms with Crippen LogP contribution in [-0.4, -0.2) is 38.6 Å². The van der Waals surface area contributed by atoms with E-state index in [9.17, 15) is 9.18 Å². The van der Waals surface area contributed by atoms with Crippen molar-refractivity contribution < 1.29 is 13.9 Å². The number of thiophene rings is 1. The van der Waals surface area contributed by atoms with E-state index in [1.807, 2.05) is 56.3 Å². The molecule has 0 aliphatic heterocycles. The van der Waals surface area contributed by atoms with Crippen molar-refractivity contribution in [3.8, 4) is 0 Å². The van der Waals surface area contributed by atoms with Crippen LogP contribution in [0.25, 0.3) is 10.1 Å². The van der Waals surface area contributed by atoms with Gasteiger partial charge < -0.3 is 14.5 Å². The Morgan fingerprint density at radius 2 is 1.86 bits per heavy atom. The first-order chi connectivity index (χ1) is 13.5. The Balaban J connectivity index is 1.92. The molecule has 0 N–H and O–H groups in total. The highest BCUT2D eigenvalue weighted by atomic mass is 32.1. The Hall–Kier alpha value is -2.44. The summed E-state index contributed by atoms with van der Waals surface area (Å²) in [7, 11) is 5.55. The molecule has 1 aromatic heterocycles. The molecule has 1 amide bonds. The van der Waals surface area contributed by atoms with Crippen molar-refractivity contribution in [3.63, 3.8) is 0 Å². The fraction of sp³-hybridized carbons (Fsp3) is 0.318. The van der Waals surface area contributed by atoms with Gasteiger partial charge in [0.25, 0.3) is 5.91 Å². The smallest absolute Gasteiger partial charge is 0.264 e. The second-order valence-corrected chi connectivity index (χ2v) is 7.89. The maximum Gasteiger partial charge on any atom is 0.264 e. The Kier molecular flexibility index (Phi) is 6.31. The SMILES string of the molecule is CCN(Cc1ccc(N(C)C)cc1)C(=O)c1sc2cccc(F)c2c1COC. The number of rotatable bonds is 7. The topological polar surface area (TPSA) is 32.8 Å². The van der Waals surface area contributed by atoms with Gasteiger partial charge in [-0.2, -0.15) is 0 Å². The van der Waals surface area contributed by atoms with Crippen molar-refractivity contribution in [2.45, 2.75) is 20.1 Å². The number of halogens is 1. The summed E-state index contributed by atoms with van der Waals surface area (Å²) in [5.41, 5.74) is 2.80. The van der Waals surface area contributed by atoms with Crippen molar-refractivity contribution in [1.82, 2.24) is 4.90 Å². The second-order valence-electron chi connectivity index (χ2n) is 6.84. The summed E-state index contributed by atoms with van der Waals surface area (Å²) in [5, 5.41) is 0.490. The third-order valence-electron chi connectivity index (χ3n) is 4.74. The normalized spacial score (nSPS) is 11.0. The first-order valence-electron chi connectivity index (χ1n) is 9.20. The van der Waals surface area contributed by atoms with Gasteiger partial charge >= 0.3 is 0 Å². The Bertz CT molecular complexity index is 967. The van der Waals surface area contributed by atoms with Gasteiger partial charge in [-0.05, 0) is 36.8 Å². The third kappa shape index (κ3) is 4.03. The molecule has 0 saturated heterocycles. The van der Waals surface area contributed by atoms with Crippen molar-refractivity contribution in [2.75, 3.05) is 32.6 Å². The molecule has 0 radical (unpaired) electrons. The first kappa shape index (κ1) is 20.3. The Labute approximate surface area is 169 Å². The molecule has 148 valence electrons. The van der Waals surface area contributed by atoms with Gasteiger partial charge in [0.2, 0.25) is 0 Å². The molecular formula is C22H25FN2O2S. The van der Waals surface area contributed by atoms with Crippen molar-refractivity contribution in [3.05, 3.63) is 64.3 Å². The Morgan fingerprint density at radius 3 is 2.46 bits per heavy atom. The molecule has 0 bridgehead atoms. The molecule has 0 aliphatic rings. The number of carbonyl (C=O) groups is 1. The van der Waals surface area contributed by atoms with E-state index in [-0.39, 0.29) is 18.3 Å². The van der Waals surface area contributed by atoms with Crippen LogP contribution in [0.1, 0.15) is 27.7 Å². The van der Waals surface area contributed by atoms with E-state index >= 15 is 0 Å². The molecule has 0 spiro atoms. The van der Waals surface area contributed by atoms with Crippen LogP contribution in [-0.2, 0) is 17.9 Å². The maximum absolute atomic E-state index is 14.4. The molecule has 28 heavy (non-hydrogen) atoms. The van der Waals surface area contributed by atoms with Crippen LogP contribution in [0.4, 0.5) is 10.1 Å². The minimum atomic E-state index is -0.317. The standard InChI is InChI=1S/C22H25FN2O2S/c1-5-25(13-15-9-11-16(12-10-15)24(2)3)22(26)21-17(14-27-4)20-18(23)7-6-8-19(20)28-21/h6-12H,5,13-14H2,1-4H3. The van der Waals surface area contributed by atoms with Crippen LogP contribution in [0.3, 0.4) is 0 Å². The average Bonchev–Trinajstić information content (AvgIpc) is 3.06. The Morgan fingerprint density at radius 1 is 1.14 bits per heavy atom. The fourth-order valence-electron chi connectivity index (χ4n) is 3.21.